The van der Waals surface area contributed by atoms with Gasteiger partial charge in [0.05, 0.1) is 6.10 Å². The van der Waals surface area contributed by atoms with Crippen LogP contribution in [0.15, 0.2) is 28.7 Å². The van der Waals surface area contributed by atoms with Crippen molar-refractivity contribution in [2.24, 2.45) is 5.92 Å². The molecule has 1 heterocycles. The van der Waals surface area contributed by atoms with E-state index in [1.807, 2.05) is 31.2 Å². The first-order chi connectivity index (χ1) is 8.19. The lowest BCUT2D eigenvalue weighted by Crippen LogP contribution is -2.11. The van der Waals surface area contributed by atoms with Crippen molar-refractivity contribution in [3.8, 4) is 0 Å². The maximum Gasteiger partial charge on any atom is 0.134 e. The van der Waals surface area contributed by atoms with Crippen LogP contribution in [-0.2, 0) is 0 Å². The van der Waals surface area contributed by atoms with Crippen molar-refractivity contribution in [1.29, 1.82) is 0 Å². The van der Waals surface area contributed by atoms with Gasteiger partial charge in [-0.05, 0) is 18.9 Å². The average molecular weight is 232 g/mol. The zero-order chi connectivity index (χ0) is 12.4. The van der Waals surface area contributed by atoms with Crippen LogP contribution in [0.2, 0.25) is 0 Å². The number of fused-ring (bicyclic) bond motifs is 1. The van der Waals surface area contributed by atoms with Crippen molar-refractivity contribution in [1.82, 2.24) is 0 Å². The molecule has 0 spiro atoms. The molecule has 0 bridgehead atoms. The Labute approximate surface area is 102 Å². The van der Waals surface area contributed by atoms with E-state index in [0.717, 1.165) is 35.1 Å². The van der Waals surface area contributed by atoms with Crippen molar-refractivity contribution >= 4 is 11.0 Å². The van der Waals surface area contributed by atoms with Gasteiger partial charge in [0.15, 0.2) is 0 Å². The molecule has 1 aromatic carbocycles. The molecule has 92 valence electrons. The Balaban J connectivity index is 2.50. The maximum absolute atomic E-state index is 10.5. The Morgan fingerprint density at radius 1 is 1.18 bits per heavy atom. The molecule has 0 amide bonds. The minimum absolute atomic E-state index is 0.301. The van der Waals surface area contributed by atoms with Crippen LogP contribution in [0.25, 0.3) is 11.0 Å². The molecular formula is C15H20O2. The lowest BCUT2D eigenvalue weighted by Gasteiger charge is -2.20. The van der Waals surface area contributed by atoms with Crippen molar-refractivity contribution in [3.63, 3.8) is 0 Å². The lowest BCUT2D eigenvalue weighted by molar-refractivity contribution is 0.103. The second-order valence-corrected chi connectivity index (χ2v) is 4.59. The Kier molecular flexibility index (Phi) is 3.53. The van der Waals surface area contributed by atoms with E-state index < -0.39 is 6.10 Å². The third-order valence-corrected chi connectivity index (χ3v) is 3.61. The highest BCUT2D eigenvalue weighted by molar-refractivity contribution is 5.82. The third-order valence-electron chi connectivity index (χ3n) is 3.61. The molecule has 1 atom stereocenters. The van der Waals surface area contributed by atoms with Gasteiger partial charge in [0, 0.05) is 10.9 Å². The number of hydrogen-bond donors (Lipinski definition) is 1. The number of aryl methyl sites for hydroxylation is 1. The van der Waals surface area contributed by atoms with Gasteiger partial charge in [-0.25, -0.2) is 0 Å². The minimum Gasteiger partial charge on any atom is -0.461 e. The zero-order valence-electron chi connectivity index (χ0n) is 10.7. The molecule has 0 saturated heterocycles. The van der Waals surface area contributed by atoms with Crippen LogP contribution in [0.3, 0.4) is 0 Å². The standard InChI is InChI=1S/C15H20O2/c1-4-11(5-2)15(16)14-10(3)17-13-9-7-6-8-12(13)14/h6-9,11,15-16H,4-5H2,1-3H3. The number of rotatable bonds is 4. The van der Waals surface area contributed by atoms with E-state index in [0.29, 0.717) is 5.92 Å². The maximum atomic E-state index is 10.5. The molecule has 0 aliphatic heterocycles. The van der Waals surface area contributed by atoms with Crippen LogP contribution in [0.1, 0.15) is 44.1 Å². The van der Waals surface area contributed by atoms with Gasteiger partial charge >= 0.3 is 0 Å². The number of aliphatic hydroxyl groups excluding tert-OH is 1. The summed E-state index contributed by atoms with van der Waals surface area (Å²) < 4.78 is 5.70. The highest BCUT2D eigenvalue weighted by Gasteiger charge is 2.24. The third kappa shape index (κ3) is 2.09. The van der Waals surface area contributed by atoms with E-state index in [4.69, 9.17) is 4.42 Å². The largest absolute Gasteiger partial charge is 0.461 e. The molecule has 2 aromatic rings. The van der Waals surface area contributed by atoms with E-state index in [-0.39, 0.29) is 0 Å². The fraction of sp³-hybridized carbons (Fsp3) is 0.467. The van der Waals surface area contributed by atoms with Crippen molar-refractivity contribution in [2.45, 2.75) is 39.7 Å². The Morgan fingerprint density at radius 2 is 1.82 bits per heavy atom. The predicted molar refractivity (Wildman–Crippen MR) is 70.0 cm³/mol. The summed E-state index contributed by atoms with van der Waals surface area (Å²) >= 11 is 0. The molecule has 2 nitrogen and oxygen atoms in total. The summed E-state index contributed by atoms with van der Waals surface area (Å²) in [6.07, 6.45) is 1.54. The number of hydrogen-bond acceptors (Lipinski definition) is 2. The van der Waals surface area contributed by atoms with E-state index >= 15 is 0 Å². The van der Waals surface area contributed by atoms with Crippen LogP contribution in [-0.4, -0.2) is 5.11 Å². The minimum atomic E-state index is -0.423. The summed E-state index contributed by atoms with van der Waals surface area (Å²) in [4.78, 5) is 0. The molecule has 2 heteroatoms. The van der Waals surface area contributed by atoms with Gasteiger partial charge < -0.3 is 9.52 Å². The molecule has 17 heavy (non-hydrogen) atoms. The molecule has 1 aromatic heterocycles. The second kappa shape index (κ2) is 4.92. The van der Waals surface area contributed by atoms with E-state index in [2.05, 4.69) is 13.8 Å². The van der Waals surface area contributed by atoms with Crippen LogP contribution in [0.5, 0.6) is 0 Å². The van der Waals surface area contributed by atoms with Crippen LogP contribution in [0, 0.1) is 12.8 Å². The van der Waals surface area contributed by atoms with Gasteiger partial charge in [0.25, 0.3) is 0 Å². The van der Waals surface area contributed by atoms with Gasteiger partial charge in [-0.3, -0.25) is 0 Å². The smallest absolute Gasteiger partial charge is 0.134 e. The second-order valence-electron chi connectivity index (χ2n) is 4.59. The SMILES string of the molecule is CCC(CC)C(O)c1c(C)oc2ccccc12. The number of para-hydroxylation sites is 1. The van der Waals surface area contributed by atoms with Crippen molar-refractivity contribution in [2.75, 3.05) is 0 Å². The molecule has 0 fully saturated rings. The number of furan rings is 1. The summed E-state index contributed by atoms with van der Waals surface area (Å²) in [5.74, 6) is 1.14. The Hall–Kier alpha value is -1.28. The number of aliphatic hydroxyl groups is 1. The normalized spacial score (nSPS) is 13.5. The molecule has 0 saturated carbocycles. The van der Waals surface area contributed by atoms with Crippen LogP contribution >= 0.6 is 0 Å². The highest BCUT2D eigenvalue weighted by Crippen LogP contribution is 2.36. The topological polar surface area (TPSA) is 33.4 Å². The van der Waals surface area contributed by atoms with Gasteiger partial charge in [0.2, 0.25) is 0 Å². The quantitative estimate of drug-likeness (QED) is 0.856. The van der Waals surface area contributed by atoms with Crippen LogP contribution < -0.4 is 0 Å². The van der Waals surface area contributed by atoms with Crippen LogP contribution in [0.4, 0.5) is 0 Å². The summed E-state index contributed by atoms with van der Waals surface area (Å²) in [7, 11) is 0. The fourth-order valence-electron chi connectivity index (χ4n) is 2.53. The van der Waals surface area contributed by atoms with Gasteiger partial charge in [-0.2, -0.15) is 0 Å². The molecule has 0 aliphatic carbocycles. The van der Waals surface area contributed by atoms with Crippen molar-refractivity contribution < 1.29 is 9.52 Å². The Morgan fingerprint density at radius 3 is 2.47 bits per heavy atom. The molecule has 2 rings (SSSR count). The first-order valence-corrected chi connectivity index (χ1v) is 6.35. The summed E-state index contributed by atoms with van der Waals surface area (Å²) in [5.41, 5.74) is 1.83. The fourth-order valence-corrected chi connectivity index (χ4v) is 2.53. The van der Waals surface area contributed by atoms with E-state index in [1.165, 1.54) is 0 Å². The van der Waals surface area contributed by atoms with Gasteiger partial charge in [-0.1, -0.05) is 44.9 Å². The molecule has 1 unspecified atom stereocenters. The summed E-state index contributed by atoms with van der Waals surface area (Å²) in [5, 5.41) is 11.5. The monoisotopic (exact) mass is 232 g/mol. The number of benzene rings is 1. The average Bonchev–Trinajstić information content (AvgIpc) is 2.66. The predicted octanol–water partition coefficient (Wildman–Crippen LogP) is 4.21. The van der Waals surface area contributed by atoms with Crippen molar-refractivity contribution in [3.05, 3.63) is 35.6 Å². The zero-order valence-corrected chi connectivity index (χ0v) is 10.7. The summed E-state index contributed by atoms with van der Waals surface area (Å²) in [6, 6.07) is 7.91. The first-order valence-electron chi connectivity index (χ1n) is 6.35. The van der Waals surface area contributed by atoms with E-state index in [1.54, 1.807) is 0 Å². The first kappa shape index (κ1) is 12.2. The highest BCUT2D eigenvalue weighted by atomic mass is 16.3. The molecular weight excluding hydrogens is 212 g/mol. The molecule has 0 aliphatic rings. The van der Waals surface area contributed by atoms with Gasteiger partial charge in [0.1, 0.15) is 11.3 Å². The van der Waals surface area contributed by atoms with Gasteiger partial charge in [-0.15, -0.1) is 0 Å². The lowest BCUT2D eigenvalue weighted by atomic mass is 9.90. The molecule has 0 radical (unpaired) electrons. The molecule has 1 N–H and O–H groups in total. The van der Waals surface area contributed by atoms with E-state index in [9.17, 15) is 5.11 Å². The summed E-state index contributed by atoms with van der Waals surface area (Å²) in [6.45, 7) is 6.17. The Bertz CT molecular complexity index is 495.